The van der Waals surface area contributed by atoms with Gasteiger partial charge in [-0.2, -0.15) is 0 Å². The molecule has 0 aliphatic heterocycles. The maximum absolute atomic E-state index is 12.9. The quantitative estimate of drug-likeness (QED) is 0.644. The van der Waals surface area contributed by atoms with Gasteiger partial charge in [-0.25, -0.2) is 13.1 Å². The zero-order chi connectivity index (χ0) is 21.6. The molecule has 2 rings (SSSR count). The molecule has 0 unspecified atom stereocenters. The monoisotopic (exact) mass is 422 g/mol. The zero-order valence-electron chi connectivity index (χ0n) is 17.1. The number of hydrogen-bond acceptors (Lipinski definition) is 6. The first-order valence-corrected chi connectivity index (χ1v) is 10.5. The maximum atomic E-state index is 12.9. The summed E-state index contributed by atoms with van der Waals surface area (Å²) in [6.45, 7) is 3.43. The average Bonchev–Trinajstić information content (AvgIpc) is 2.72. The van der Waals surface area contributed by atoms with E-state index >= 15 is 0 Å². The van der Waals surface area contributed by atoms with Gasteiger partial charge in [-0.1, -0.05) is 13.0 Å². The maximum Gasteiger partial charge on any atom is 0.241 e. The van der Waals surface area contributed by atoms with Crippen LogP contribution < -0.4 is 24.2 Å². The number of ether oxygens (including phenoxy) is 3. The first-order valence-electron chi connectivity index (χ1n) is 8.97. The molecule has 158 valence electrons. The molecule has 2 aromatic rings. The third-order valence-electron chi connectivity index (χ3n) is 4.32. The lowest BCUT2D eigenvalue weighted by Crippen LogP contribution is -2.27. The van der Waals surface area contributed by atoms with E-state index in [0.717, 1.165) is 0 Å². The fourth-order valence-corrected chi connectivity index (χ4v) is 3.94. The summed E-state index contributed by atoms with van der Waals surface area (Å²) in [4.78, 5) is 11.7. The number of carbonyl (C=O) groups excluding carboxylic acids is 1. The largest absolute Gasteiger partial charge is 0.495 e. The molecule has 0 aromatic heterocycles. The fourth-order valence-electron chi connectivity index (χ4n) is 2.68. The highest BCUT2D eigenvalue weighted by Gasteiger charge is 2.21. The van der Waals surface area contributed by atoms with Crippen molar-refractivity contribution < 1.29 is 27.4 Å². The van der Waals surface area contributed by atoms with E-state index in [-0.39, 0.29) is 17.2 Å². The molecule has 2 aromatic carbocycles. The standard InChI is InChI=1S/C20H26N2O6S/c1-6-20(23)21-16-12-15(8-10-17(16)26-3)29(24,25)22-13(2)14-7-9-18(27-4)19(11-14)28-5/h7-13,22H,6H2,1-5H3,(H,21,23)/t13-/m0/s1. The van der Waals surface area contributed by atoms with E-state index in [1.54, 1.807) is 32.0 Å². The Morgan fingerprint density at radius 3 is 2.17 bits per heavy atom. The molecule has 0 fully saturated rings. The summed E-state index contributed by atoms with van der Waals surface area (Å²) in [5.41, 5.74) is 1.00. The van der Waals surface area contributed by atoms with Crippen molar-refractivity contribution in [2.75, 3.05) is 26.6 Å². The van der Waals surface area contributed by atoms with E-state index in [2.05, 4.69) is 10.0 Å². The van der Waals surface area contributed by atoms with Crippen molar-refractivity contribution >= 4 is 21.6 Å². The minimum absolute atomic E-state index is 0.0111. The summed E-state index contributed by atoms with van der Waals surface area (Å²) in [7, 11) is 0.629. The van der Waals surface area contributed by atoms with Crippen LogP contribution in [0.1, 0.15) is 31.9 Å². The molecule has 0 spiro atoms. The van der Waals surface area contributed by atoms with Crippen LogP contribution in [0.3, 0.4) is 0 Å². The Balaban J connectivity index is 2.31. The van der Waals surface area contributed by atoms with E-state index in [1.807, 2.05) is 0 Å². The minimum atomic E-state index is -3.86. The molecule has 1 amide bonds. The average molecular weight is 423 g/mol. The van der Waals surface area contributed by atoms with E-state index in [4.69, 9.17) is 14.2 Å². The third-order valence-corrected chi connectivity index (χ3v) is 5.85. The van der Waals surface area contributed by atoms with E-state index in [9.17, 15) is 13.2 Å². The number of sulfonamides is 1. The number of nitrogens with one attached hydrogen (secondary N) is 2. The smallest absolute Gasteiger partial charge is 0.241 e. The molecule has 0 aliphatic rings. The van der Waals surface area contributed by atoms with Gasteiger partial charge in [-0.15, -0.1) is 0 Å². The van der Waals surface area contributed by atoms with Crippen molar-refractivity contribution in [3.05, 3.63) is 42.0 Å². The molecule has 0 heterocycles. The first-order chi connectivity index (χ1) is 13.7. The van der Waals surface area contributed by atoms with E-state index < -0.39 is 16.1 Å². The number of anilines is 1. The van der Waals surface area contributed by atoms with Gasteiger partial charge >= 0.3 is 0 Å². The number of amides is 1. The van der Waals surface area contributed by atoms with Gasteiger partial charge in [-0.3, -0.25) is 4.79 Å². The molecule has 9 heteroatoms. The summed E-state index contributed by atoms with van der Waals surface area (Å²) >= 11 is 0. The highest BCUT2D eigenvalue weighted by atomic mass is 32.2. The highest BCUT2D eigenvalue weighted by Crippen LogP contribution is 2.31. The SMILES string of the molecule is CCC(=O)Nc1cc(S(=O)(=O)N[C@@H](C)c2ccc(OC)c(OC)c2)ccc1OC. The van der Waals surface area contributed by atoms with Crippen LogP contribution in [0.15, 0.2) is 41.3 Å². The van der Waals surface area contributed by atoms with Crippen molar-refractivity contribution in [2.45, 2.75) is 31.2 Å². The Kier molecular flexibility index (Phi) is 7.46. The van der Waals surface area contributed by atoms with Crippen molar-refractivity contribution in [1.82, 2.24) is 4.72 Å². The van der Waals surface area contributed by atoms with Gasteiger partial charge in [-0.05, 0) is 42.8 Å². The van der Waals surface area contributed by atoms with E-state index in [0.29, 0.717) is 28.5 Å². The van der Waals surface area contributed by atoms with E-state index in [1.165, 1.54) is 39.5 Å². The van der Waals surface area contributed by atoms with Crippen LogP contribution in [-0.4, -0.2) is 35.7 Å². The molecule has 2 N–H and O–H groups in total. The molecular formula is C20H26N2O6S. The molecular weight excluding hydrogens is 396 g/mol. The number of methoxy groups -OCH3 is 3. The number of hydrogen-bond donors (Lipinski definition) is 2. The molecule has 0 saturated carbocycles. The summed E-state index contributed by atoms with van der Waals surface area (Å²) in [6, 6.07) is 8.95. The molecule has 0 saturated heterocycles. The van der Waals surface area contributed by atoms with Crippen molar-refractivity contribution in [3.63, 3.8) is 0 Å². The van der Waals surface area contributed by atoms with Gasteiger partial charge in [0.15, 0.2) is 11.5 Å². The van der Waals surface area contributed by atoms with Crippen LogP contribution in [0.2, 0.25) is 0 Å². The fraction of sp³-hybridized carbons (Fsp3) is 0.350. The molecule has 0 bridgehead atoms. The summed E-state index contributed by atoms with van der Waals surface area (Å²) in [5.74, 6) is 1.19. The zero-order valence-corrected chi connectivity index (χ0v) is 17.9. The van der Waals surface area contributed by atoms with Crippen LogP contribution >= 0.6 is 0 Å². The van der Waals surface area contributed by atoms with Crippen LogP contribution in [0.25, 0.3) is 0 Å². The van der Waals surface area contributed by atoms with Gasteiger partial charge < -0.3 is 19.5 Å². The van der Waals surface area contributed by atoms with Crippen molar-refractivity contribution in [1.29, 1.82) is 0 Å². The van der Waals surface area contributed by atoms with Crippen molar-refractivity contribution in [3.8, 4) is 17.2 Å². The molecule has 8 nitrogen and oxygen atoms in total. The number of carbonyl (C=O) groups is 1. The Morgan fingerprint density at radius 1 is 0.966 bits per heavy atom. The Labute approximate surface area is 171 Å². The van der Waals surface area contributed by atoms with Gasteiger partial charge in [0.1, 0.15) is 5.75 Å². The number of benzene rings is 2. The lowest BCUT2D eigenvalue weighted by molar-refractivity contribution is -0.115. The lowest BCUT2D eigenvalue weighted by Gasteiger charge is -2.18. The van der Waals surface area contributed by atoms with Crippen molar-refractivity contribution in [2.24, 2.45) is 0 Å². The predicted molar refractivity (Wildman–Crippen MR) is 110 cm³/mol. The topological polar surface area (TPSA) is 103 Å². The summed E-state index contributed by atoms with van der Waals surface area (Å²) < 4.78 is 44.1. The summed E-state index contributed by atoms with van der Waals surface area (Å²) in [6.07, 6.45) is 0.259. The second-order valence-corrected chi connectivity index (χ2v) is 7.94. The van der Waals surface area contributed by atoms with Crippen LogP contribution in [-0.2, 0) is 14.8 Å². The molecule has 0 radical (unpaired) electrons. The first kappa shape index (κ1) is 22.5. The third kappa shape index (κ3) is 5.39. The van der Waals surface area contributed by atoms with Crippen LogP contribution in [0.5, 0.6) is 17.2 Å². The summed E-state index contributed by atoms with van der Waals surface area (Å²) in [5, 5.41) is 2.65. The Bertz CT molecular complexity index is 975. The predicted octanol–water partition coefficient (Wildman–Crippen LogP) is 3.10. The van der Waals surface area contributed by atoms with Gasteiger partial charge in [0.05, 0.1) is 31.9 Å². The molecule has 29 heavy (non-hydrogen) atoms. The van der Waals surface area contributed by atoms with Crippen LogP contribution in [0, 0.1) is 0 Å². The minimum Gasteiger partial charge on any atom is -0.495 e. The normalized spacial score (nSPS) is 12.2. The second-order valence-electron chi connectivity index (χ2n) is 6.22. The Hall–Kier alpha value is -2.78. The van der Waals surface area contributed by atoms with Gasteiger partial charge in [0.25, 0.3) is 0 Å². The Morgan fingerprint density at radius 2 is 1.59 bits per heavy atom. The van der Waals surface area contributed by atoms with Gasteiger partial charge in [0.2, 0.25) is 15.9 Å². The lowest BCUT2D eigenvalue weighted by atomic mass is 10.1. The second kappa shape index (κ2) is 9.62. The highest BCUT2D eigenvalue weighted by molar-refractivity contribution is 7.89. The molecule has 0 aliphatic carbocycles. The number of rotatable bonds is 9. The van der Waals surface area contributed by atoms with Crippen LogP contribution in [0.4, 0.5) is 5.69 Å². The van der Waals surface area contributed by atoms with Gasteiger partial charge in [0, 0.05) is 12.5 Å². The molecule has 1 atom stereocenters.